The maximum Gasteiger partial charge on any atom is 0.261 e. The van der Waals surface area contributed by atoms with Gasteiger partial charge in [-0.1, -0.05) is 0 Å². The van der Waals surface area contributed by atoms with Gasteiger partial charge in [0.2, 0.25) is 5.91 Å². The summed E-state index contributed by atoms with van der Waals surface area (Å²) in [5.74, 6) is -0.408. The molecule has 112 valence electrons. The SMILES string of the molecule is COc1ccc(S(=O)(=O)Cl)cc1CC(=O)NCC(F)F. The normalized spacial score (nSPS) is 11.4. The fourth-order valence-corrected chi connectivity index (χ4v) is 2.27. The van der Waals surface area contributed by atoms with E-state index in [4.69, 9.17) is 15.4 Å². The van der Waals surface area contributed by atoms with Crippen LogP contribution in [0.25, 0.3) is 0 Å². The zero-order valence-electron chi connectivity index (χ0n) is 10.4. The molecule has 9 heteroatoms. The van der Waals surface area contributed by atoms with Crippen LogP contribution in [-0.4, -0.2) is 34.4 Å². The minimum atomic E-state index is -3.95. The van der Waals surface area contributed by atoms with Gasteiger partial charge in [-0.05, 0) is 18.2 Å². The number of methoxy groups -OCH3 is 1. The minimum absolute atomic E-state index is 0.198. The Morgan fingerprint density at radius 2 is 2.10 bits per heavy atom. The largest absolute Gasteiger partial charge is 0.496 e. The molecule has 5 nitrogen and oxygen atoms in total. The Balaban J connectivity index is 2.95. The number of hydrogen-bond donors (Lipinski definition) is 1. The minimum Gasteiger partial charge on any atom is -0.496 e. The van der Waals surface area contributed by atoms with E-state index in [0.717, 1.165) is 0 Å². The molecular formula is C11H12ClF2NO4S. The van der Waals surface area contributed by atoms with Crippen LogP contribution in [0.3, 0.4) is 0 Å². The van der Waals surface area contributed by atoms with Gasteiger partial charge in [0.15, 0.2) is 0 Å². The molecule has 0 aliphatic heterocycles. The number of hydrogen-bond acceptors (Lipinski definition) is 4. The lowest BCUT2D eigenvalue weighted by molar-refractivity contribution is -0.121. The number of benzene rings is 1. The number of halogens is 3. The highest BCUT2D eigenvalue weighted by molar-refractivity contribution is 8.13. The molecule has 20 heavy (non-hydrogen) atoms. The maximum absolute atomic E-state index is 12.0. The summed E-state index contributed by atoms with van der Waals surface area (Å²) in [7, 11) is 2.59. The van der Waals surface area contributed by atoms with Crippen LogP contribution in [-0.2, 0) is 20.3 Å². The van der Waals surface area contributed by atoms with Crippen molar-refractivity contribution in [2.45, 2.75) is 17.7 Å². The van der Waals surface area contributed by atoms with Gasteiger partial charge >= 0.3 is 0 Å². The van der Waals surface area contributed by atoms with Crippen molar-refractivity contribution in [3.63, 3.8) is 0 Å². The topological polar surface area (TPSA) is 72.5 Å². The summed E-state index contributed by atoms with van der Waals surface area (Å²) in [6, 6.07) is 3.73. The number of carbonyl (C=O) groups is 1. The van der Waals surface area contributed by atoms with E-state index in [9.17, 15) is 22.0 Å². The number of ether oxygens (including phenoxy) is 1. The van der Waals surface area contributed by atoms with Crippen LogP contribution in [0, 0.1) is 0 Å². The van der Waals surface area contributed by atoms with Gasteiger partial charge in [-0.25, -0.2) is 17.2 Å². The standard InChI is InChI=1S/C11H12ClF2NO4S/c1-19-9-3-2-8(20(12,17)18)4-7(9)5-11(16)15-6-10(13)14/h2-4,10H,5-6H2,1H3,(H,15,16). The molecule has 1 amide bonds. The van der Waals surface area contributed by atoms with Crippen LogP contribution >= 0.6 is 10.7 Å². The van der Waals surface area contributed by atoms with Crippen LogP contribution in [0.5, 0.6) is 5.75 Å². The molecule has 0 heterocycles. The second-order valence-corrected chi connectivity index (χ2v) is 6.35. The molecule has 0 radical (unpaired) electrons. The predicted octanol–water partition coefficient (Wildman–Crippen LogP) is 1.55. The first-order chi connectivity index (χ1) is 9.24. The number of nitrogens with one attached hydrogen (secondary N) is 1. The van der Waals surface area contributed by atoms with Crippen molar-refractivity contribution in [2.24, 2.45) is 0 Å². The Morgan fingerprint density at radius 1 is 1.45 bits per heavy atom. The summed E-state index contributed by atoms with van der Waals surface area (Å²) in [5, 5.41) is 2.01. The molecule has 0 bridgehead atoms. The molecule has 1 N–H and O–H groups in total. The van der Waals surface area contributed by atoms with Crippen molar-refractivity contribution in [3.05, 3.63) is 23.8 Å². The second kappa shape index (κ2) is 6.85. The highest BCUT2D eigenvalue weighted by Gasteiger charge is 2.16. The first-order valence-electron chi connectivity index (χ1n) is 5.40. The Hall–Kier alpha value is -1.41. The van der Waals surface area contributed by atoms with Crippen LogP contribution in [0.1, 0.15) is 5.56 Å². The van der Waals surface area contributed by atoms with Crippen molar-refractivity contribution in [3.8, 4) is 5.75 Å². The van der Waals surface area contributed by atoms with Crippen molar-refractivity contribution in [1.29, 1.82) is 0 Å². The van der Waals surface area contributed by atoms with E-state index >= 15 is 0 Å². The van der Waals surface area contributed by atoms with Gasteiger partial charge < -0.3 is 10.1 Å². The predicted molar refractivity (Wildman–Crippen MR) is 68.8 cm³/mol. The highest BCUT2D eigenvalue weighted by Crippen LogP contribution is 2.24. The van der Waals surface area contributed by atoms with Gasteiger partial charge in [0.25, 0.3) is 15.5 Å². The van der Waals surface area contributed by atoms with Crippen molar-refractivity contribution in [2.75, 3.05) is 13.7 Å². The number of amides is 1. The number of alkyl halides is 2. The Morgan fingerprint density at radius 3 is 2.60 bits per heavy atom. The lowest BCUT2D eigenvalue weighted by atomic mass is 10.1. The Bertz CT molecular complexity index is 592. The van der Waals surface area contributed by atoms with Crippen LogP contribution in [0.15, 0.2) is 23.1 Å². The molecule has 1 rings (SSSR count). The molecular weight excluding hydrogens is 316 g/mol. The van der Waals surface area contributed by atoms with E-state index in [1.807, 2.05) is 5.32 Å². The molecule has 0 spiro atoms. The van der Waals surface area contributed by atoms with Gasteiger partial charge in [0.05, 0.1) is 25.0 Å². The van der Waals surface area contributed by atoms with E-state index in [2.05, 4.69) is 0 Å². The smallest absolute Gasteiger partial charge is 0.261 e. The zero-order valence-corrected chi connectivity index (χ0v) is 12.0. The summed E-state index contributed by atoms with van der Waals surface area (Å²) >= 11 is 0. The molecule has 0 aliphatic carbocycles. The van der Waals surface area contributed by atoms with Crippen LogP contribution < -0.4 is 10.1 Å². The maximum atomic E-state index is 12.0. The molecule has 0 aromatic heterocycles. The molecule has 0 atom stereocenters. The first-order valence-corrected chi connectivity index (χ1v) is 7.71. The molecule has 0 aliphatic rings. The third-order valence-corrected chi connectivity index (χ3v) is 3.69. The van der Waals surface area contributed by atoms with Crippen LogP contribution in [0.4, 0.5) is 8.78 Å². The summed E-state index contributed by atoms with van der Waals surface area (Å²) in [6.07, 6.45) is -2.95. The molecule has 0 saturated heterocycles. The third-order valence-electron chi connectivity index (χ3n) is 2.34. The van der Waals surface area contributed by atoms with Crippen LogP contribution in [0.2, 0.25) is 0 Å². The van der Waals surface area contributed by atoms with Crippen molar-refractivity contribution in [1.82, 2.24) is 5.32 Å². The quantitative estimate of drug-likeness (QED) is 0.805. The molecule has 0 saturated carbocycles. The van der Waals surface area contributed by atoms with E-state index in [-0.39, 0.29) is 22.6 Å². The van der Waals surface area contributed by atoms with Gasteiger partial charge in [0, 0.05) is 16.2 Å². The summed E-state index contributed by atoms with van der Waals surface area (Å²) in [6.45, 7) is -0.769. The van der Waals surface area contributed by atoms with Gasteiger partial charge in [0.1, 0.15) is 5.75 Å². The lowest BCUT2D eigenvalue weighted by Crippen LogP contribution is -2.29. The van der Waals surface area contributed by atoms with Gasteiger partial charge in [-0.2, -0.15) is 0 Å². The molecule has 1 aromatic carbocycles. The van der Waals surface area contributed by atoms with Gasteiger partial charge in [-0.15, -0.1) is 0 Å². The van der Waals surface area contributed by atoms with E-state index < -0.39 is 27.9 Å². The fourth-order valence-electron chi connectivity index (χ4n) is 1.47. The van der Waals surface area contributed by atoms with Gasteiger partial charge in [-0.3, -0.25) is 4.79 Å². The average Bonchev–Trinajstić information content (AvgIpc) is 2.35. The summed E-state index contributed by atoms with van der Waals surface area (Å²) < 4.78 is 51.3. The Labute approximate surface area is 119 Å². The summed E-state index contributed by atoms with van der Waals surface area (Å²) in [5.41, 5.74) is 0.237. The third kappa shape index (κ3) is 4.93. The lowest BCUT2D eigenvalue weighted by Gasteiger charge is -2.10. The molecule has 1 aromatic rings. The Kier molecular flexibility index (Phi) is 5.70. The average molecular weight is 328 g/mol. The van der Waals surface area contributed by atoms with E-state index in [1.54, 1.807) is 0 Å². The fraction of sp³-hybridized carbons (Fsp3) is 0.364. The van der Waals surface area contributed by atoms with E-state index in [1.165, 1.54) is 25.3 Å². The monoisotopic (exact) mass is 327 g/mol. The van der Waals surface area contributed by atoms with Crippen molar-refractivity contribution < 1.29 is 26.7 Å². The second-order valence-electron chi connectivity index (χ2n) is 3.78. The number of carbonyl (C=O) groups excluding carboxylic acids is 1. The van der Waals surface area contributed by atoms with E-state index in [0.29, 0.717) is 0 Å². The molecule has 0 fully saturated rings. The highest BCUT2D eigenvalue weighted by atomic mass is 35.7. The molecule has 0 unspecified atom stereocenters. The summed E-state index contributed by atoms with van der Waals surface area (Å²) in [4.78, 5) is 11.3. The number of rotatable bonds is 6. The zero-order chi connectivity index (χ0) is 15.3. The first kappa shape index (κ1) is 16.6. The van der Waals surface area contributed by atoms with Crippen molar-refractivity contribution >= 4 is 25.6 Å².